The number of aromatic hydroxyl groups is 1. The second-order valence-electron chi connectivity index (χ2n) is 2.68. The highest BCUT2D eigenvalue weighted by molar-refractivity contribution is 6.37. The molecule has 0 heterocycles. The van der Waals surface area contributed by atoms with E-state index in [1.807, 2.05) is 0 Å². The third-order valence-electron chi connectivity index (χ3n) is 1.72. The third-order valence-corrected chi connectivity index (χ3v) is 2.30. The van der Waals surface area contributed by atoms with Crippen LogP contribution in [-0.2, 0) is 0 Å². The Morgan fingerprint density at radius 3 is 2.15 bits per heavy atom. The molecule has 0 saturated carbocycles. The van der Waals surface area contributed by atoms with E-state index in [9.17, 15) is 5.11 Å². The molecule has 0 aliphatic carbocycles. The van der Waals surface area contributed by atoms with Crippen LogP contribution < -0.4 is 11.5 Å². The fourth-order valence-corrected chi connectivity index (χ4v) is 1.44. The first-order valence-corrected chi connectivity index (χ1v) is 4.45. The average Bonchev–Trinajstić information content (AvgIpc) is 2.12. The molecule has 0 bridgehead atoms. The Morgan fingerprint density at radius 1 is 1.31 bits per heavy atom. The molecule has 0 aromatic heterocycles. The SMILES string of the molecule is NC[C@H](N)c1cc(Cl)c(O)c(Cl)c1. The van der Waals surface area contributed by atoms with Gasteiger partial charge in [0.2, 0.25) is 0 Å². The molecule has 1 rings (SSSR count). The highest BCUT2D eigenvalue weighted by atomic mass is 35.5. The Kier molecular flexibility index (Phi) is 3.39. The van der Waals surface area contributed by atoms with Crippen molar-refractivity contribution in [1.29, 1.82) is 0 Å². The minimum Gasteiger partial charge on any atom is -0.505 e. The molecule has 0 amide bonds. The number of hydrogen-bond acceptors (Lipinski definition) is 3. The van der Waals surface area contributed by atoms with E-state index in [4.69, 9.17) is 34.7 Å². The van der Waals surface area contributed by atoms with Gasteiger partial charge in [-0.15, -0.1) is 0 Å². The van der Waals surface area contributed by atoms with E-state index in [0.29, 0.717) is 6.54 Å². The van der Waals surface area contributed by atoms with Crippen molar-refractivity contribution in [2.45, 2.75) is 6.04 Å². The van der Waals surface area contributed by atoms with Gasteiger partial charge in [0.15, 0.2) is 5.75 Å². The van der Waals surface area contributed by atoms with Crippen molar-refractivity contribution in [2.75, 3.05) is 6.54 Å². The van der Waals surface area contributed by atoms with Gasteiger partial charge in [-0.1, -0.05) is 23.2 Å². The molecule has 0 fully saturated rings. The van der Waals surface area contributed by atoms with Gasteiger partial charge in [0, 0.05) is 12.6 Å². The van der Waals surface area contributed by atoms with Crippen LogP contribution in [0.25, 0.3) is 0 Å². The largest absolute Gasteiger partial charge is 0.505 e. The van der Waals surface area contributed by atoms with Crippen LogP contribution in [0.1, 0.15) is 11.6 Å². The molecule has 0 spiro atoms. The number of halogens is 2. The maximum atomic E-state index is 9.25. The smallest absolute Gasteiger partial charge is 0.152 e. The standard InChI is InChI=1S/C8H10Cl2N2O/c9-5-1-4(7(12)3-11)2-6(10)8(5)13/h1-2,7,13H,3,11-12H2/t7-/m0/s1. The highest BCUT2D eigenvalue weighted by Gasteiger charge is 2.10. The molecule has 5 heteroatoms. The van der Waals surface area contributed by atoms with Crippen molar-refractivity contribution < 1.29 is 5.11 Å². The number of rotatable bonds is 2. The Bertz CT molecular complexity index is 294. The lowest BCUT2D eigenvalue weighted by molar-refractivity contribution is 0.475. The van der Waals surface area contributed by atoms with Crippen LogP contribution in [-0.4, -0.2) is 11.7 Å². The van der Waals surface area contributed by atoms with Crippen molar-refractivity contribution in [3.8, 4) is 5.75 Å². The molecule has 72 valence electrons. The third kappa shape index (κ3) is 2.25. The molecule has 1 atom stereocenters. The summed E-state index contributed by atoms with van der Waals surface area (Å²) in [5.41, 5.74) is 11.7. The topological polar surface area (TPSA) is 72.3 Å². The van der Waals surface area contributed by atoms with Crippen molar-refractivity contribution in [1.82, 2.24) is 0 Å². The van der Waals surface area contributed by atoms with Gasteiger partial charge in [0.05, 0.1) is 10.0 Å². The van der Waals surface area contributed by atoms with E-state index in [1.165, 1.54) is 0 Å². The van der Waals surface area contributed by atoms with Gasteiger partial charge in [0.1, 0.15) is 0 Å². The lowest BCUT2D eigenvalue weighted by Gasteiger charge is -2.10. The average molecular weight is 221 g/mol. The van der Waals surface area contributed by atoms with E-state index in [0.717, 1.165) is 5.56 Å². The summed E-state index contributed by atoms with van der Waals surface area (Å²) in [6.07, 6.45) is 0. The van der Waals surface area contributed by atoms with E-state index < -0.39 is 0 Å². The summed E-state index contributed by atoms with van der Waals surface area (Å²) in [6.45, 7) is 0.303. The molecular formula is C8H10Cl2N2O. The van der Waals surface area contributed by atoms with Crippen LogP contribution in [0.5, 0.6) is 5.75 Å². The van der Waals surface area contributed by atoms with Crippen LogP contribution in [0.2, 0.25) is 10.0 Å². The number of phenols is 1. The highest BCUT2D eigenvalue weighted by Crippen LogP contribution is 2.33. The molecular weight excluding hydrogens is 211 g/mol. The minimum absolute atomic E-state index is 0.128. The molecule has 1 aromatic rings. The summed E-state index contributed by atoms with van der Waals surface area (Å²) < 4.78 is 0. The van der Waals surface area contributed by atoms with Crippen molar-refractivity contribution >= 4 is 23.2 Å². The monoisotopic (exact) mass is 220 g/mol. The van der Waals surface area contributed by atoms with Gasteiger partial charge in [0.25, 0.3) is 0 Å². The summed E-state index contributed by atoms with van der Waals surface area (Å²) in [5.74, 6) is -0.128. The van der Waals surface area contributed by atoms with Crippen LogP contribution in [0.15, 0.2) is 12.1 Å². The number of benzene rings is 1. The van der Waals surface area contributed by atoms with E-state index in [-0.39, 0.29) is 21.8 Å². The predicted octanol–water partition coefficient (Wildman–Crippen LogP) is 1.66. The normalized spacial score (nSPS) is 12.9. The minimum atomic E-state index is -0.310. The first-order valence-electron chi connectivity index (χ1n) is 3.69. The Balaban J connectivity index is 3.13. The maximum Gasteiger partial charge on any atom is 0.152 e. The molecule has 13 heavy (non-hydrogen) atoms. The Labute approximate surface area is 86.2 Å². The number of phenolic OH excluding ortho intramolecular Hbond substituents is 1. The second-order valence-corrected chi connectivity index (χ2v) is 3.49. The second kappa shape index (κ2) is 4.15. The van der Waals surface area contributed by atoms with Gasteiger partial charge in [-0.3, -0.25) is 0 Å². The molecule has 0 radical (unpaired) electrons. The van der Waals surface area contributed by atoms with Crippen LogP contribution in [0.4, 0.5) is 0 Å². The van der Waals surface area contributed by atoms with Crippen LogP contribution in [0, 0.1) is 0 Å². The molecule has 3 nitrogen and oxygen atoms in total. The molecule has 0 unspecified atom stereocenters. The number of nitrogens with two attached hydrogens (primary N) is 2. The van der Waals surface area contributed by atoms with Gasteiger partial charge >= 0.3 is 0 Å². The van der Waals surface area contributed by atoms with Gasteiger partial charge < -0.3 is 16.6 Å². The van der Waals surface area contributed by atoms with Crippen molar-refractivity contribution in [3.05, 3.63) is 27.7 Å². The lowest BCUT2D eigenvalue weighted by atomic mass is 10.1. The van der Waals surface area contributed by atoms with E-state index in [1.54, 1.807) is 12.1 Å². The van der Waals surface area contributed by atoms with Gasteiger partial charge in [-0.25, -0.2) is 0 Å². The fraction of sp³-hybridized carbons (Fsp3) is 0.250. The van der Waals surface area contributed by atoms with Gasteiger partial charge in [-0.2, -0.15) is 0 Å². The fourth-order valence-electron chi connectivity index (χ4n) is 0.935. The van der Waals surface area contributed by atoms with E-state index in [2.05, 4.69) is 0 Å². The first kappa shape index (κ1) is 10.6. The van der Waals surface area contributed by atoms with Gasteiger partial charge in [-0.05, 0) is 17.7 Å². The van der Waals surface area contributed by atoms with Crippen LogP contribution in [0.3, 0.4) is 0 Å². The molecule has 1 aromatic carbocycles. The first-order chi connectivity index (χ1) is 6.06. The molecule has 0 aliphatic rings. The maximum absolute atomic E-state index is 9.25. The van der Waals surface area contributed by atoms with Crippen molar-refractivity contribution in [2.24, 2.45) is 11.5 Å². The zero-order chi connectivity index (χ0) is 10.0. The van der Waals surface area contributed by atoms with Crippen molar-refractivity contribution in [3.63, 3.8) is 0 Å². The summed E-state index contributed by atoms with van der Waals surface area (Å²) in [6, 6.07) is 2.80. The summed E-state index contributed by atoms with van der Waals surface area (Å²) >= 11 is 11.4. The zero-order valence-corrected chi connectivity index (χ0v) is 8.31. The Morgan fingerprint density at radius 2 is 1.77 bits per heavy atom. The molecule has 5 N–H and O–H groups in total. The summed E-state index contributed by atoms with van der Waals surface area (Å²) in [5, 5.41) is 9.62. The predicted molar refractivity (Wildman–Crippen MR) is 54.1 cm³/mol. The van der Waals surface area contributed by atoms with Crippen LogP contribution >= 0.6 is 23.2 Å². The summed E-state index contributed by atoms with van der Waals surface area (Å²) in [4.78, 5) is 0. The lowest BCUT2D eigenvalue weighted by Crippen LogP contribution is -2.20. The quantitative estimate of drug-likeness (QED) is 0.710. The summed E-state index contributed by atoms with van der Waals surface area (Å²) in [7, 11) is 0. The molecule has 0 saturated heterocycles. The number of hydrogen-bond donors (Lipinski definition) is 3. The molecule has 0 aliphatic heterocycles. The Hall–Kier alpha value is -0.480. The zero-order valence-electron chi connectivity index (χ0n) is 6.80. The van der Waals surface area contributed by atoms with E-state index >= 15 is 0 Å².